The van der Waals surface area contributed by atoms with Gasteiger partial charge < -0.3 is 10.5 Å². The predicted octanol–water partition coefficient (Wildman–Crippen LogP) is 1.63. The second-order valence-corrected chi connectivity index (χ2v) is 3.21. The highest BCUT2D eigenvalue weighted by Crippen LogP contribution is 2.08. The third kappa shape index (κ3) is 4.31. The average molecular weight is 205 g/mol. The fourth-order valence-electron chi connectivity index (χ4n) is 1.24. The summed E-state index contributed by atoms with van der Waals surface area (Å²) in [6.07, 6.45) is 2.62. The summed E-state index contributed by atoms with van der Waals surface area (Å²) in [6.45, 7) is 0. The molecule has 0 aromatic heterocycles. The highest BCUT2D eigenvalue weighted by Gasteiger charge is 1.99. The van der Waals surface area contributed by atoms with Crippen LogP contribution in [0.4, 0.5) is 0 Å². The summed E-state index contributed by atoms with van der Waals surface area (Å²) >= 11 is 0. The zero-order chi connectivity index (χ0) is 11.1. The Balaban J connectivity index is 2.61. The summed E-state index contributed by atoms with van der Waals surface area (Å²) in [5, 5.41) is 0. The molecule has 80 valence electrons. The maximum atomic E-state index is 10.6. The second-order valence-electron chi connectivity index (χ2n) is 3.21. The Kier molecular flexibility index (Phi) is 4.41. The van der Waals surface area contributed by atoms with E-state index in [9.17, 15) is 4.79 Å². The fraction of sp³-hybridized carbons (Fsp3) is 0.250. The van der Waals surface area contributed by atoms with Crippen LogP contribution in [0.3, 0.4) is 0 Å². The molecule has 15 heavy (non-hydrogen) atoms. The third-order valence-corrected chi connectivity index (χ3v) is 2.01. The predicted molar refractivity (Wildman–Crippen MR) is 59.0 cm³/mol. The van der Waals surface area contributed by atoms with Crippen molar-refractivity contribution in [1.29, 1.82) is 0 Å². The van der Waals surface area contributed by atoms with Gasteiger partial charge in [-0.15, -0.1) is 0 Å². The molecule has 0 radical (unpaired) electrons. The minimum Gasteiger partial charge on any atom is -0.501 e. The minimum absolute atomic E-state index is 0.218. The van der Waals surface area contributed by atoms with Crippen molar-refractivity contribution in [3.8, 4) is 0 Å². The van der Waals surface area contributed by atoms with Gasteiger partial charge >= 0.3 is 0 Å². The van der Waals surface area contributed by atoms with Crippen molar-refractivity contribution >= 4 is 5.91 Å². The Morgan fingerprint density at radius 2 is 2.07 bits per heavy atom. The molecule has 0 aliphatic heterocycles. The topological polar surface area (TPSA) is 52.3 Å². The highest BCUT2D eigenvalue weighted by molar-refractivity contribution is 5.75. The summed E-state index contributed by atoms with van der Waals surface area (Å²) < 4.78 is 5.16. The van der Waals surface area contributed by atoms with Gasteiger partial charge in [0.2, 0.25) is 5.91 Å². The standard InChI is InChI=1S/C12H15NO2/c1-15-11(7-8-12(13)14)9-10-5-3-2-4-6-10/h2-7H,8-9H2,1H3,(H2,13,14)/b11-7-. The van der Waals surface area contributed by atoms with Gasteiger partial charge in [-0.3, -0.25) is 4.79 Å². The van der Waals surface area contributed by atoms with Crippen molar-refractivity contribution in [2.24, 2.45) is 5.73 Å². The summed E-state index contributed by atoms with van der Waals surface area (Å²) in [7, 11) is 1.59. The molecule has 0 bridgehead atoms. The van der Waals surface area contributed by atoms with Crippen LogP contribution in [0.1, 0.15) is 12.0 Å². The van der Waals surface area contributed by atoms with E-state index in [4.69, 9.17) is 10.5 Å². The summed E-state index contributed by atoms with van der Waals surface area (Å²) in [6, 6.07) is 9.92. The highest BCUT2D eigenvalue weighted by atomic mass is 16.5. The molecule has 2 N–H and O–H groups in total. The lowest BCUT2D eigenvalue weighted by Crippen LogP contribution is -2.09. The molecule has 1 amide bonds. The number of hydrogen-bond donors (Lipinski definition) is 1. The summed E-state index contributed by atoms with van der Waals surface area (Å²) in [5.74, 6) is 0.414. The van der Waals surface area contributed by atoms with Crippen molar-refractivity contribution in [2.75, 3.05) is 7.11 Å². The van der Waals surface area contributed by atoms with Crippen LogP contribution in [0, 0.1) is 0 Å². The van der Waals surface area contributed by atoms with Crippen LogP contribution in [0.25, 0.3) is 0 Å². The number of nitrogens with two attached hydrogens (primary N) is 1. The first kappa shape index (κ1) is 11.3. The first-order valence-corrected chi connectivity index (χ1v) is 4.77. The van der Waals surface area contributed by atoms with E-state index in [0.29, 0.717) is 6.42 Å². The molecule has 0 unspecified atom stereocenters. The van der Waals surface area contributed by atoms with E-state index in [1.807, 2.05) is 30.3 Å². The number of methoxy groups -OCH3 is 1. The van der Waals surface area contributed by atoms with Crippen molar-refractivity contribution in [3.05, 3.63) is 47.7 Å². The van der Waals surface area contributed by atoms with E-state index in [0.717, 1.165) is 11.3 Å². The van der Waals surface area contributed by atoms with E-state index in [2.05, 4.69) is 0 Å². The van der Waals surface area contributed by atoms with Gasteiger partial charge in [-0.1, -0.05) is 30.3 Å². The van der Waals surface area contributed by atoms with Gasteiger partial charge in [0.25, 0.3) is 0 Å². The van der Waals surface area contributed by atoms with E-state index >= 15 is 0 Å². The van der Waals surface area contributed by atoms with Gasteiger partial charge in [0.1, 0.15) is 0 Å². The monoisotopic (exact) mass is 205 g/mol. The lowest BCUT2D eigenvalue weighted by molar-refractivity contribution is -0.117. The zero-order valence-corrected chi connectivity index (χ0v) is 8.77. The smallest absolute Gasteiger partial charge is 0.221 e. The van der Waals surface area contributed by atoms with Gasteiger partial charge in [0.15, 0.2) is 0 Å². The van der Waals surface area contributed by atoms with Crippen molar-refractivity contribution in [3.63, 3.8) is 0 Å². The van der Waals surface area contributed by atoms with Crippen molar-refractivity contribution < 1.29 is 9.53 Å². The molecular formula is C12H15NO2. The Hall–Kier alpha value is -1.77. The molecule has 0 fully saturated rings. The van der Waals surface area contributed by atoms with E-state index in [1.165, 1.54) is 0 Å². The van der Waals surface area contributed by atoms with Crippen LogP contribution in [-0.4, -0.2) is 13.0 Å². The molecule has 0 aliphatic rings. The molecule has 3 nitrogen and oxygen atoms in total. The lowest BCUT2D eigenvalue weighted by atomic mass is 10.1. The van der Waals surface area contributed by atoms with Crippen LogP contribution in [0.15, 0.2) is 42.2 Å². The molecule has 0 aliphatic carbocycles. The molecular weight excluding hydrogens is 190 g/mol. The number of allylic oxidation sites excluding steroid dienone is 1. The minimum atomic E-state index is -0.349. The largest absolute Gasteiger partial charge is 0.501 e. The maximum absolute atomic E-state index is 10.6. The van der Waals surface area contributed by atoms with Crippen molar-refractivity contribution in [1.82, 2.24) is 0 Å². The van der Waals surface area contributed by atoms with Gasteiger partial charge in [-0.25, -0.2) is 0 Å². The quantitative estimate of drug-likeness (QED) is 0.743. The molecule has 0 spiro atoms. The SMILES string of the molecule is CO/C(=C\CC(N)=O)Cc1ccccc1. The van der Waals surface area contributed by atoms with Crippen LogP contribution in [-0.2, 0) is 16.0 Å². The number of ether oxygens (including phenoxy) is 1. The average Bonchev–Trinajstić information content (AvgIpc) is 2.25. The molecule has 0 saturated heterocycles. The number of primary amides is 1. The Labute approximate surface area is 89.5 Å². The van der Waals surface area contributed by atoms with Gasteiger partial charge in [0.05, 0.1) is 12.9 Å². The zero-order valence-electron chi connectivity index (χ0n) is 8.77. The van der Waals surface area contributed by atoms with E-state index < -0.39 is 0 Å². The van der Waals surface area contributed by atoms with E-state index in [-0.39, 0.29) is 12.3 Å². The van der Waals surface area contributed by atoms with Gasteiger partial charge in [0, 0.05) is 12.8 Å². The number of carbonyl (C=O) groups excluding carboxylic acids is 1. The molecule has 0 heterocycles. The van der Waals surface area contributed by atoms with Gasteiger partial charge in [-0.05, 0) is 11.6 Å². The van der Waals surface area contributed by atoms with Crippen LogP contribution in [0.2, 0.25) is 0 Å². The fourth-order valence-corrected chi connectivity index (χ4v) is 1.24. The number of hydrogen-bond acceptors (Lipinski definition) is 2. The number of amides is 1. The Bertz CT molecular complexity index is 344. The molecule has 1 rings (SSSR count). The molecule has 1 aromatic carbocycles. The maximum Gasteiger partial charge on any atom is 0.221 e. The molecule has 3 heteroatoms. The number of rotatable bonds is 5. The van der Waals surface area contributed by atoms with Crippen LogP contribution < -0.4 is 5.73 Å². The first-order valence-electron chi connectivity index (χ1n) is 4.77. The summed E-state index contributed by atoms with van der Waals surface area (Å²) in [4.78, 5) is 10.6. The van der Waals surface area contributed by atoms with E-state index in [1.54, 1.807) is 13.2 Å². The number of carbonyl (C=O) groups is 1. The first-order chi connectivity index (χ1) is 7.22. The second kappa shape index (κ2) is 5.86. The molecule has 0 saturated carbocycles. The number of benzene rings is 1. The molecule has 0 atom stereocenters. The van der Waals surface area contributed by atoms with Crippen molar-refractivity contribution in [2.45, 2.75) is 12.8 Å². The third-order valence-electron chi connectivity index (χ3n) is 2.01. The summed E-state index contributed by atoms with van der Waals surface area (Å²) in [5.41, 5.74) is 6.20. The molecule has 1 aromatic rings. The normalized spacial score (nSPS) is 11.1. The van der Waals surface area contributed by atoms with Crippen LogP contribution >= 0.6 is 0 Å². The Morgan fingerprint density at radius 1 is 1.40 bits per heavy atom. The Morgan fingerprint density at radius 3 is 2.60 bits per heavy atom. The van der Waals surface area contributed by atoms with Gasteiger partial charge in [-0.2, -0.15) is 0 Å². The lowest BCUT2D eigenvalue weighted by Gasteiger charge is -2.05. The van der Waals surface area contributed by atoms with Crippen LogP contribution in [0.5, 0.6) is 0 Å².